The van der Waals surface area contributed by atoms with Crippen LogP contribution in [0.1, 0.15) is 56.4 Å². The average molecular weight is 395 g/mol. The number of imidazole rings is 1. The van der Waals surface area contributed by atoms with E-state index < -0.39 is 0 Å². The second-order valence-electron chi connectivity index (χ2n) is 8.96. The van der Waals surface area contributed by atoms with Crippen molar-refractivity contribution in [3.8, 4) is 5.69 Å². The molecule has 2 amide bonds. The van der Waals surface area contributed by atoms with E-state index in [4.69, 9.17) is 0 Å². The standard InChI is InChI=1S/C23H30N4O2/c1-17-8-9-18(14-17)22(29)26-12-10-23(2,11-13-26)25-21(28)20-15-27(16-24-20)19-6-4-3-5-7-19/h3-7,15-18H,8-14H2,1-2H3,(H,25,28). The molecule has 4 rings (SSSR count). The van der Waals surface area contributed by atoms with E-state index in [-0.39, 0.29) is 17.4 Å². The van der Waals surface area contributed by atoms with Crippen molar-refractivity contribution in [2.75, 3.05) is 13.1 Å². The van der Waals surface area contributed by atoms with E-state index in [0.717, 1.165) is 37.8 Å². The third-order valence-electron chi connectivity index (χ3n) is 6.51. The van der Waals surface area contributed by atoms with Gasteiger partial charge in [-0.2, -0.15) is 0 Å². The summed E-state index contributed by atoms with van der Waals surface area (Å²) in [5.74, 6) is 1.01. The highest BCUT2D eigenvalue weighted by molar-refractivity contribution is 5.92. The van der Waals surface area contributed by atoms with Crippen LogP contribution in [-0.4, -0.2) is 44.9 Å². The number of carbonyl (C=O) groups excluding carboxylic acids is 2. The SMILES string of the molecule is CC1CCC(C(=O)N2CCC(C)(NC(=O)c3cn(-c4ccccc4)cn3)CC2)C1. The Hall–Kier alpha value is -2.63. The summed E-state index contributed by atoms with van der Waals surface area (Å²) in [7, 11) is 0. The Morgan fingerprint density at radius 3 is 2.52 bits per heavy atom. The van der Waals surface area contributed by atoms with Crippen molar-refractivity contribution in [1.82, 2.24) is 19.8 Å². The number of benzene rings is 1. The van der Waals surface area contributed by atoms with Gasteiger partial charge in [-0.05, 0) is 57.1 Å². The zero-order valence-electron chi connectivity index (χ0n) is 17.3. The molecular weight excluding hydrogens is 364 g/mol. The zero-order chi connectivity index (χ0) is 20.4. The van der Waals surface area contributed by atoms with Crippen molar-refractivity contribution in [3.63, 3.8) is 0 Å². The van der Waals surface area contributed by atoms with Gasteiger partial charge >= 0.3 is 0 Å². The minimum absolute atomic E-state index is 0.161. The number of para-hydroxylation sites is 1. The summed E-state index contributed by atoms with van der Waals surface area (Å²) >= 11 is 0. The van der Waals surface area contributed by atoms with Gasteiger partial charge in [0.15, 0.2) is 0 Å². The molecule has 6 heteroatoms. The first-order chi connectivity index (χ1) is 13.9. The van der Waals surface area contributed by atoms with Crippen LogP contribution in [0.5, 0.6) is 0 Å². The highest BCUT2D eigenvalue weighted by Crippen LogP contribution is 2.33. The molecule has 1 N–H and O–H groups in total. The number of aromatic nitrogens is 2. The number of likely N-dealkylation sites (tertiary alicyclic amines) is 1. The van der Waals surface area contributed by atoms with Crippen molar-refractivity contribution in [3.05, 3.63) is 48.5 Å². The lowest BCUT2D eigenvalue weighted by Gasteiger charge is -2.40. The van der Waals surface area contributed by atoms with Gasteiger partial charge in [-0.15, -0.1) is 0 Å². The predicted octanol–water partition coefficient (Wildman–Crippen LogP) is 3.42. The molecule has 1 aliphatic carbocycles. The van der Waals surface area contributed by atoms with Gasteiger partial charge in [0.05, 0.1) is 0 Å². The molecule has 1 aliphatic heterocycles. The Morgan fingerprint density at radius 1 is 1.14 bits per heavy atom. The molecular formula is C23H30N4O2. The molecule has 29 heavy (non-hydrogen) atoms. The average Bonchev–Trinajstić information content (AvgIpc) is 3.38. The first-order valence-electron chi connectivity index (χ1n) is 10.6. The van der Waals surface area contributed by atoms with Gasteiger partial charge in [-0.3, -0.25) is 9.59 Å². The lowest BCUT2D eigenvalue weighted by molar-refractivity contribution is -0.137. The molecule has 2 unspecified atom stereocenters. The third-order valence-corrected chi connectivity index (χ3v) is 6.51. The van der Waals surface area contributed by atoms with E-state index in [1.54, 1.807) is 12.5 Å². The van der Waals surface area contributed by atoms with Crippen LogP contribution in [0.25, 0.3) is 5.69 Å². The van der Waals surface area contributed by atoms with Gasteiger partial charge in [0, 0.05) is 36.4 Å². The fourth-order valence-electron chi connectivity index (χ4n) is 4.55. The summed E-state index contributed by atoms with van der Waals surface area (Å²) in [6.45, 7) is 5.71. The highest BCUT2D eigenvalue weighted by Gasteiger charge is 2.37. The van der Waals surface area contributed by atoms with Crippen molar-refractivity contribution >= 4 is 11.8 Å². The van der Waals surface area contributed by atoms with Crippen molar-refractivity contribution in [2.24, 2.45) is 11.8 Å². The third kappa shape index (κ3) is 4.36. The van der Waals surface area contributed by atoms with Crippen LogP contribution in [0.4, 0.5) is 0 Å². The molecule has 0 bridgehead atoms. The number of carbonyl (C=O) groups is 2. The number of nitrogens with one attached hydrogen (secondary N) is 1. The first-order valence-corrected chi connectivity index (χ1v) is 10.6. The Bertz CT molecular complexity index is 868. The molecule has 2 aromatic rings. The van der Waals surface area contributed by atoms with E-state index in [2.05, 4.69) is 24.1 Å². The van der Waals surface area contributed by atoms with Gasteiger partial charge in [-0.1, -0.05) is 25.1 Å². The lowest BCUT2D eigenvalue weighted by atomic mass is 9.88. The topological polar surface area (TPSA) is 67.2 Å². The summed E-state index contributed by atoms with van der Waals surface area (Å²) in [4.78, 5) is 31.8. The Balaban J connectivity index is 1.33. The van der Waals surface area contributed by atoms with Crippen LogP contribution in [0.2, 0.25) is 0 Å². The largest absolute Gasteiger partial charge is 0.345 e. The number of hydrogen-bond acceptors (Lipinski definition) is 3. The van der Waals surface area contributed by atoms with Crippen molar-refractivity contribution < 1.29 is 9.59 Å². The van der Waals surface area contributed by atoms with Gasteiger partial charge < -0.3 is 14.8 Å². The van der Waals surface area contributed by atoms with Gasteiger partial charge in [-0.25, -0.2) is 4.98 Å². The molecule has 2 aliphatic rings. The minimum atomic E-state index is -0.312. The number of hydrogen-bond donors (Lipinski definition) is 1. The molecule has 2 fully saturated rings. The van der Waals surface area contributed by atoms with Crippen molar-refractivity contribution in [2.45, 2.75) is 51.5 Å². The van der Waals surface area contributed by atoms with Crippen LogP contribution < -0.4 is 5.32 Å². The number of nitrogens with zero attached hydrogens (tertiary/aromatic N) is 3. The second kappa shape index (κ2) is 8.01. The van der Waals surface area contributed by atoms with E-state index in [0.29, 0.717) is 30.6 Å². The number of amides is 2. The molecule has 1 aromatic carbocycles. The summed E-state index contributed by atoms with van der Waals surface area (Å²) in [6.07, 6.45) is 8.17. The van der Waals surface area contributed by atoms with Crippen molar-refractivity contribution in [1.29, 1.82) is 0 Å². The number of piperidine rings is 1. The molecule has 1 saturated carbocycles. The predicted molar refractivity (Wildman–Crippen MR) is 112 cm³/mol. The van der Waals surface area contributed by atoms with Crippen LogP contribution in [0, 0.1) is 11.8 Å². The summed E-state index contributed by atoms with van der Waals surface area (Å²) in [6, 6.07) is 9.82. The molecule has 1 saturated heterocycles. The molecule has 0 radical (unpaired) electrons. The van der Waals surface area contributed by atoms with E-state index in [1.165, 1.54) is 0 Å². The lowest BCUT2D eigenvalue weighted by Crippen LogP contribution is -2.55. The Kier molecular flexibility index (Phi) is 5.43. The molecule has 2 atom stereocenters. The molecule has 154 valence electrons. The monoisotopic (exact) mass is 394 g/mol. The van der Waals surface area contributed by atoms with Crippen LogP contribution >= 0.6 is 0 Å². The van der Waals surface area contributed by atoms with E-state index in [1.807, 2.05) is 39.8 Å². The van der Waals surface area contributed by atoms with E-state index >= 15 is 0 Å². The van der Waals surface area contributed by atoms with Gasteiger partial charge in [0.2, 0.25) is 5.91 Å². The quantitative estimate of drug-likeness (QED) is 0.864. The minimum Gasteiger partial charge on any atom is -0.345 e. The normalized spacial score (nSPS) is 23.7. The first kappa shape index (κ1) is 19.7. The van der Waals surface area contributed by atoms with Crippen LogP contribution in [-0.2, 0) is 4.79 Å². The smallest absolute Gasteiger partial charge is 0.271 e. The fraction of sp³-hybridized carbons (Fsp3) is 0.522. The van der Waals surface area contributed by atoms with Gasteiger partial charge in [0.25, 0.3) is 5.91 Å². The molecule has 6 nitrogen and oxygen atoms in total. The maximum atomic E-state index is 12.8. The Labute approximate surface area is 172 Å². The zero-order valence-corrected chi connectivity index (χ0v) is 17.3. The molecule has 0 spiro atoms. The summed E-state index contributed by atoms with van der Waals surface area (Å²) < 4.78 is 1.85. The van der Waals surface area contributed by atoms with Crippen LogP contribution in [0.15, 0.2) is 42.9 Å². The Morgan fingerprint density at radius 2 is 1.86 bits per heavy atom. The molecule has 2 heterocycles. The maximum absolute atomic E-state index is 12.8. The number of rotatable bonds is 4. The summed E-state index contributed by atoms with van der Waals surface area (Å²) in [5, 5.41) is 3.16. The molecule has 1 aromatic heterocycles. The van der Waals surface area contributed by atoms with Gasteiger partial charge in [0.1, 0.15) is 12.0 Å². The highest BCUT2D eigenvalue weighted by atomic mass is 16.2. The van der Waals surface area contributed by atoms with E-state index in [9.17, 15) is 9.59 Å². The fourth-order valence-corrected chi connectivity index (χ4v) is 4.55. The second-order valence-corrected chi connectivity index (χ2v) is 8.96. The maximum Gasteiger partial charge on any atom is 0.271 e. The summed E-state index contributed by atoms with van der Waals surface area (Å²) in [5.41, 5.74) is 1.07. The van der Waals surface area contributed by atoms with Crippen LogP contribution in [0.3, 0.4) is 0 Å².